The Labute approximate surface area is 124 Å². The molecule has 0 unspecified atom stereocenters. The highest BCUT2D eigenvalue weighted by Gasteiger charge is 2.30. The Balaban J connectivity index is 2.35. The SMILES string of the molecule is CC(C)c1n[nH]c(=S)n1/N=C\c1cccc(C(F)(F)F)c1. The first-order valence-electron chi connectivity index (χ1n) is 6.18. The zero-order valence-electron chi connectivity index (χ0n) is 11.3. The molecule has 0 spiro atoms. The van der Waals surface area contributed by atoms with E-state index in [2.05, 4.69) is 15.3 Å². The Morgan fingerprint density at radius 3 is 2.71 bits per heavy atom. The maximum absolute atomic E-state index is 12.6. The van der Waals surface area contributed by atoms with Gasteiger partial charge < -0.3 is 0 Å². The molecule has 1 aromatic carbocycles. The molecule has 112 valence electrons. The van der Waals surface area contributed by atoms with Crippen LogP contribution in [-0.2, 0) is 6.18 Å². The second kappa shape index (κ2) is 5.80. The third-order valence-corrected chi connectivity index (χ3v) is 2.99. The summed E-state index contributed by atoms with van der Waals surface area (Å²) in [5, 5.41) is 10.8. The lowest BCUT2D eigenvalue weighted by molar-refractivity contribution is -0.137. The summed E-state index contributed by atoms with van der Waals surface area (Å²) in [6.07, 6.45) is -3.05. The quantitative estimate of drug-likeness (QED) is 0.688. The van der Waals surface area contributed by atoms with E-state index in [0.717, 1.165) is 12.1 Å². The minimum absolute atomic E-state index is 0.0802. The average molecular weight is 314 g/mol. The molecular weight excluding hydrogens is 301 g/mol. The predicted octanol–water partition coefficient (Wildman–Crippen LogP) is 3.97. The summed E-state index contributed by atoms with van der Waals surface area (Å²) in [6.45, 7) is 3.84. The Morgan fingerprint density at radius 2 is 2.10 bits per heavy atom. The van der Waals surface area contributed by atoms with Gasteiger partial charge in [0.25, 0.3) is 0 Å². The molecule has 0 saturated carbocycles. The second-order valence-corrected chi connectivity index (χ2v) is 5.11. The van der Waals surface area contributed by atoms with Gasteiger partial charge in [0.2, 0.25) is 4.77 Å². The highest BCUT2D eigenvalue weighted by Crippen LogP contribution is 2.29. The van der Waals surface area contributed by atoms with Gasteiger partial charge in [0.05, 0.1) is 11.8 Å². The van der Waals surface area contributed by atoms with E-state index in [1.54, 1.807) is 0 Å². The molecule has 0 radical (unpaired) electrons. The fourth-order valence-corrected chi connectivity index (χ4v) is 1.90. The van der Waals surface area contributed by atoms with Gasteiger partial charge in [-0.1, -0.05) is 26.0 Å². The highest BCUT2D eigenvalue weighted by molar-refractivity contribution is 7.71. The lowest BCUT2D eigenvalue weighted by Crippen LogP contribution is -2.05. The van der Waals surface area contributed by atoms with Crippen LogP contribution in [0.1, 0.15) is 36.7 Å². The number of nitrogens with one attached hydrogen (secondary N) is 1. The highest BCUT2D eigenvalue weighted by atomic mass is 32.1. The molecule has 1 heterocycles. The van der Waals surface area contributed by atoms with Crippen molar-refractivity contribution in [2.24, 2.45) is 5.10 Å². The number of alkyl halides is 3. The van der Waals surface area contributed by atoms with Crippen molar-refractivity contribution in [3.63, 3.8) is 0 Å². The number of aromatic amines is 1. The van der Waals surface area contributed by atoms with Crippen LogP contribution in [0.15, 0.2) is 29.4 Å². The fourth-order valence-electron chi connectivity index (χ4n) is 1.71. The number of halogens is 3. The van der Waals surface area contributed by atoms with Crippen molar-refractivity contribution in [1.82, 2.24) is 14.9 Å². The minimum Gasteiger partial charge on any atom is -0.250 e. The van der Waals surface area contributed by atoms with Gasteiger partial charge in [0, 0.05) is 5.92 Å². The second-order valence-electron chi connectivity index (χ2n) is 4.72. The first kappa shape index (κ1) is 15.4. The number of H-pyrrole nitrogens is 1. The molecule has 0 saturated heterocycles. The Morgan fingerprint density at radius 1 is 1.38 bits per heavy atom. The standard InChI is InChI=1S/C13H13F3N4S/c1-8(2)11-18-19-12(21)20(11)17-7-9-4-3-5-10(6-9)13(14,15)16/h3-8H,1-2H3,(H,19,21)/b17-7-. The summed E-state index contributed by atoms with van der Waals surface area (Å²) in [7, 11) is 0. The molecule has 8 heteroatoms. The summed E-state index contributed by atoms with van der Waals surface area (Å²) in [5.74, 6) is 0.694. The lowest BCUT2D eigenvalue weighted by atomic mass is 10.1. The van der Waals surface area contributed by atoms with Gasteiger partial charge in [-0.3, -0.25) is 5.10 Å². The number of nitrogens with zero attached hydrogens (tertiary/aromatic N) is 3. The number of rotatable bonds is 3. The van der Waals surface area contributed by atoms with E-state index in [1.807, 2.05) is 13.8 Å². The van der Waals surface area contributed by atoms with Crippen molar-refractivity contribution in [1.29, 1.82) is 0 Å². The third kappa shape index (κ3) is 3.57. The summed E-state index contributed by atoms with van der Waals surface area (Å²) in [4.78, 5) is 0. The Kier molecular flexibility index (Phi) is 4.26. The molecule has 1 aromatic heterocycles. The Bertz CT molecular complexity index is 713. The lowest BCUT2D eigenvalue weighted by Gasteiger charge is -2.06. The van der Waals surface area contributed by atoms with Crippen molar-refractivity contribution >= 4 is 18.4 Å². The third-order valence-electron chi connectivity index (χ3n) is 2.73. The molecule has 0 amide bonds. The molecule has 4 nitrogen and oxygen atoms in total. The number of hydrogen-bond donors (Lipinski definition) is 1. The van der Waals surface area contributed by atoms with Gasteiger partial charge >= 0.3 is 6.18 Å². The summed E-state index contributed by atoms with van der Waals surface area (Å²) in [5.41, 5.74) is -0.381. The summed E-state index contributed by atoms with van der Waals surface area (Å²) < 4.78 is 39.6. The topological polar surface area (TPSA) is 46.0 Å². The van der Waals surface area contributed by atoms with Gasteiger partial charge in [-0.15, -0.1) is 0 Å². The molecule has 1 N–H and O–H groups in total. The van der Waals surface area contributed by atoms with Gasteiger partial charge in [0.1, 0.15) is 0 Å². The van der Waals surface area contributed by atoms with E-state index in [4.69, 9.17) is 12.2 Å². The van der Waals surface area contributed by atoms with E-state index < -0.39 is 11.7 Å². The van der Waals surface area contributed by atoms with E-state index in [1.165, 1.54) is 23.0 Å². The van der Waals surface area contributed by atoms with Crippen molar-refractivity contribution in [3.05, 3.63) is 46.0 Å². The average Bonchev–Trinajstić information content (AvgIpc) is 2.77. The van der Waals surface area contributed by atoms with Crippen LogP contribution in [0.25, 0.3) is 0 Å². The van der Waals surface area contributed by atoms with E-state index in [0.29, 0.717) is 16.2 Å². The monoisotopic (exact) mass is 314 g/mol. The molecular formula is C13H13F3N4S. The molecule has 2 aromatic rings. The normalized spacial score (nSPS) is 12.5. The number of aromatic nitrogens is 3. The molecule has 0 atom stereocenters. The molecule has 0 bridgehead atoms. The van der Waals surface area contributed by atoms with Gasteiger partial charge in [-0.2, -0.15) is 28.0 Å². The number of hydrogen-bond acceptors (Lipinski definition) is 3. The maximum atomic E-state index is 12.6. The maximum Gasteiger partial charge on any atom is 0.416 e. The molecule has 2 rings (SSSR count). The first-order chi connectivity index (χ1) is 9.79. The van der Waals surface area contributed by atoms with Crippen molar-refractivity contribution < 1.29 is 13.2 Å². The van der Waals surface area contributed by atoms with Gasteiger partial charge in [-0.05, 0) is 29.9 Å². The molecule has 0 aliphatic heterocycles. The van der Waals surface area contributed by atoms with Crippen LogP contribution in [0, 0.1) is 4.77 Å². The Hall–Kier alpha value is -1.96. The molecule has 0 aliphatic rings. The van der Waals surface area contributed by atoms with E-state index >= 15 is 0 Å². The molecule has 0 aliphatic carbocycles. The van der Waals surface area contributed by atoms with Crippen molar-refractivity contribution in [2.45, 2.75) is 25.9 Å². The molecule has 0 fully saturated rings. The van der Waals surface area contributed by atoms with E-state index in [-0.39, 0.29) is 5.92 Å². The fraction of sp³-hybridized carbons (Fsp3) is 0.308. The van der Waals surface area contributed by atoms with Gasteiger partial charge in [-0.25, -0.2) is 0 Å². The van der Waals surface area contributed by atoms with Crippen molar-refractivity contribution in [3.8, 4) is 0 Å². The smallest absolute Gasteiger partial charge is 0.250 e. The van der Waals surface area contributed by atoms with E-state index in [9.17, 15) is 13.2 Å². The first-order valence-corrected chi connectivity index (χ1v) is 6.59. The molecule has 21 heavy (non-hydrogen) atoms. The van der Waals surface area contributed by atoms with Gasteiger partial charge in [0.15, 0.2) is 5.82 Å². The number of benzene rings is 1. The minimum atomic E-state index is -4.38. The van der Waals surface area contributed by atoms with Crippen LogP contribution in [0.2, 0.25) is 0 Å². The van der Waals surface area contributed by atoms with Crippen LogP contribution < -0.4 is 0 Å². The van der Waals surface area contributed by atoms with Crippen LogP contribution in [0.3, 0.4) is 0 Å². The van der Waals surface area contributed by atoms with Crippen LogP contribution >= 0.6 is 12.2 Å². The zero-order chi connectivity index (χ0) is 15.6. The largest absolute Gasteiger partial charge is 0.416 e. The summed E-state index contributed by atoms with van der Waals surface area (Å²) in [6, 6.07) is 4.92. The van der Waals surface area contributed by atoms with Crippen LogP contribution in [0.5, 0.6) is 0 Å². The predicted molar refractivity (Wildman–Crippen MR) is 75.9 cm³/mol. The summed E-state index contributed by atoms with van der Waals surface area (Å²) >= 11 is 5.04. The zero-order valence-corrected chi connectivity index (χ0v) is 12.2. The van der Waals surface area contributed by atoms with Crippen LogP contribution in [-0.4, -0.2) is 21.1 Å². The van der Waals surface area contributed by atoms with Crippen LogP contribution in [0.4, 0.5) is 13.2 Å². The van der Waals surface area contributed by atoms with Crippen molar-refractivity contribution in [2.75, 3.05) is 0 Å².